The van der Waals surface area contributed by atoms with Crippen LogP contribution in [0.15, 0.2) is 42.5 Å². The molecule has 0 amide bonds. The van der Waals surface area contributed by atoms with Gasteiger partial charge in [0.15, 0.2) is 0 Å². The van der Waals surface area contributed by atoms with Gasteiger partial charge in [0, 0.05) is 15.6 Å². The van der Waals surface area contributed by atoms with E-state index in [1.807, 2.05) is 36.4 Å². The Morgan fingerprint density at radius 2 is 1.90 bits per heavy atom. The third-order valence-electron chi connectivity index (χ3n) is 3.10. The van der Waals surface area contributed by atoms with Gasteiger partial charge in [0.05, 0.1) is 13.2 Å². The lowest BCUT2D eigenvalue weighted by Crippen LogP contribution is -2.29. The first-order valence-electron chi connectivity index (χ1n) is 6.18. The normalized spacial score (nSPS) is 12.2. The van der Waals surface area contributed by atoms with Gasteiger partial charge in [0.1, 0.15) is 5.75 Å². The van der Waals surface area contributed by atoms with Gasteiger partial charge >= 0.3 is 0 Å². The molecule has 0 spiro atoms. The van der Waals surface area contributed by atoms with Crippen molar-refractivity contribution in [1.82, 2.24) is 5.43 Å². The number of methoxy groups -OCH3 is 1. The molecule has 2 aromatic carbocycles. The second-order valence-electron chi connectivity index (χ2n) is 4.44. The Balaban J connectivity index is 2.28. The summed E-state index contributed by atoms with van der Waals surface area (Å²) in [6.07, 6.45) is 0.703. The highest BCUT2D eigenvalue weighted by Gasteiger charge is 2.16. The Morgan fingerprint density at radius 3 is 2.55 bits per heavy atom. The molecule has 5 heteroatoms. The lowest BCUT2D eigenvalue weighted by Gasteiger charge is -2.19. The zero-order valence-corrected chi connectivity index (χ0v) is 12.6. The first-order valence-corrected chi connectivity index (χ1v) is 6.93. The van der Waals surface area contributed by atoms with Gasteiger partial charge in [-0.05, 0) is 36.2 Å². The van der Waals surface area contributed by atoms with Gasteiger partial charge < -0.3 is 4.74 Å². The van der Waals surface area contributed by atoms with Crippen LogP contribution in [0.2, 0.25) is 10.0 Å². The van der Waals surface area contributed by atoms with Gasteiger partial charge in [-0.15, -0.1) is 0 Å². The SMILES string of the molecule is COc1cc(Cl)ccc1C(Cc1cccc(Cl)c1)NN. The summed E-state index contributed by atoms with van der Waals surface area (Å²) in [5.41, 5.74) is 4.87. The molecule has 0 saturated heterocycles. The second-order valence-corrected chi connectivity index (χ2v) is 5.31. The number of ether oxygens (including phenoxy) is 1. The van der Waals surface area contributed by atoms with Crippen molar-refractivity contribution in [2.75, 3.05) is 7.11 Å². The summed E-state index contributed by atoms with van der Waals surface area (Å²) < 4.78 is 5.36. The quantitative estimate of drug-likeness (QED) is 0.653. The van der Waals surface area contributed by atoms with Crippen LogP contribution in [0.5, 0.6) is 5.75 Å². The zero-order chi connectivity index (χ0) is 14.5. The Hall–Kier alpha value is -1.26. The van der Waals surface area contributed by atoms with Crippen molar-refractivity contribution in [3.8, 4) is 5.75 Å². The van der Waals surface area contributed by atoms with Crippen LogP contribution in [0.4, 0.5) is 0 Å². The summed E-state index contributed by atoms with van der Waals surface area (Å²) >= 11 is 12.0. The maximum absolute atomic E-state index is 6.00. The third-order valence-corrected chi connectivity index (χ3v) is 3.57. The molecule has 0 aliphatic rings. The number of benzene rings is 2. The molecule has 1 unspecified atom stereocenters. The molecular formula is C15H16Cl2N2O. The molecule has 1 atom stereocenters. The summed E-state index contributed by atoms with van der Waals surface area (Å²) in [4.78, 5) is 0. The van der Waals surface area contributed by atoms with E-state index < -0.39 is 0 Å². The Kier molecular flexibility index (Phi) is 5.26. The van der Waals surface area contributed by atoms with Gasteiger partial charge in [-0.25, -0.2) is 0 Å². The monoisotopic (exact) mass is 310 g/mol. The standard InChI is InChI=1S/C15H16Cl2N2O/c1-20-15-9-12(17)5-6-13(15)14(19-18)8-10-3-2-4-11(16)7-10/h2-7,9,14,19H,8,18H2,1H3. The Morgan fingerprint density at radius 1 is 1.15 bits per heavy atom. The van der Waals surface area contributed by atoms with Crippen molar-refractivity contribution >= 4 is 23.2 Å². The van der Waals surface area contributed by atoms with Crippen LogP contribution in [-0.2, 0) is 6.42 Å². The number of hydrogen-bond donors (Lipinski definition) is 2. The predicted octanol–water partition coefficient (Wildman–Crippen LogP) is 3.75. The number of rotatable bonds is 5. The van der Waals surface area contributed by atoms with E-state index >= 15 is 0 Å². The minimum Gasteiger partial charge on any atom is -0.496 e. The molecule has 0 aliphatic heterocycles. The maximum atomic E-state index is 6.00. The molecule has 2 rings (SSSR count). The summed E-state index contributed by atoms with van der Waals surface area (Å²) in [5.74, 6) is 6.39. The molecule has 20 heavy (non-hydrogen) atoms. The predicted molar refractivity (Wildman–Crippen MR) is 83.2 cm³/mol. The van der Waals surface area contributed by atoms with Gasteiger partial charge in [-0.1, -0.05) is 41.4 Å². The number of nitrogens with two attached hydrogens (primary N) is 1. The molecule has 0 fully saturated rings. The van der Waals surface area contributed by atoms with Crippen LogP contribution in [0.25, 0.3) is 0 Å². The summed E-state index contributed by atoms with van der Waals surface area (Å²) in [5, 5.41) is 1.34. The van der Waals surface area contributed by atoms with Crippen LogP contribution in [0.1, 0.15) is 17.2 Å². The molecule has 2 aromatic rings. The van der Waals surface area contributed by atoms with E-state index in [2.05, 4.69) is 5.43 Å². The third kappa shape index (κ3) is 3.64. The number of hydrogen-bond acceptors (Lipinski definition) is 3. The van der Waals surface area contributed by atoms with Crippen molar-refractivity contribution in [2.24, 2.45) is 5.84 Å². The van der Waals surface area contributed by atoms with E-state index in [0.717, 1.165) is 11.1 Å². The molecule has 3 N–H and O–H groups in total. The van der Waals surface area contributed by atoms with Gasteiger partial charge in [0.25, 0.3) is 0 Å². The van der Waals surface area contributed by atoms with Gasteiger partial charge in [-0.2, -0.15) is 0 Å². The van der Waals surface area contributed by atoms with Crippen LogP contribution < -0.4 is 16.0 Å². The van der Waals surface area contributed by atoms with E-state index in [4.69, 9.17) is 33.8 Å². The molecule has 0 aliphatic carbocycles. The fourth-order valence-corrected chi connectivity index (χ4v) is 2.51. The maximum Gasteiger partial charge on any atom is 0.125 e. The minimum absolute atomic E-state index is 0.0827. The molecule has 106 valence electrons. The lowest BCUT2D eigenvalue weighted by molar-refractivity contribution is 0.399. The number of halogens is 2. The zero-order valence-electron chi connectivity index (χ0n) is 11.1. The fourth-order valence-electron chi connectivity index (χ4n) is 2.13. The average Bonchev–Trinajstić information content (AvgIpc) is 2.45. The van der Waals surface area contributed by atoms with Crippen molar-refractivity contribution in [2.45, 2.75) is 12.5 Å². The highest BCUT2D eigenvalue weighted by atomic mass is 35.5. The summed E-state index contributed by atoms with van der Waals surface area (Å²) in [6, 6.07) is 13.1. The second kappa shape index (κ2) is 6.95. The van der Waals surface area contributed by atoms with Crippen molar-refractivity contribution < 1.29 is 4.74 Å². The summed E-state index contributed by atoms with van der Waals surface area (Å²) in [6.45, 7) is 0. The van der Waals surface area contributed by atoms with E-state index in [1.165, 1.54) is 0 Å². The highest BCUT2D eigenvalue weighted by molar-refractivity contribution is 6.31. The lowest BCUT2D eigenvalue weighted by atomic mass is 9.98. The Bertz CT molecular complexity index is 590. The van der Waals surface area contributed by atoms with Crippen LogP contribution >= 0.6 is 23.2 Å². The van der Waals surface area contributed by atoms with Crippen molar-refractivity contribution in [1.29, 1.82) is 0 Å². The largest absolute Gasteiger partial charge is 0.496 e. The molecular weight excluding hydrogens is 295 g/mol. The Labute approximate surface area is 128 Å². The highest BCUT2D eigenvalue weighted by Crippen LogP contribution is 2.30. The van der Waals surface area contributed by atoms with Crippen LogP contribution in [0.3, 0.4) is 0 Å². The molecule has 0 radical (unpaired) electrons. The van der Waals surface area contributed by atoms with Crippen LogP contribution in [0, 0.1) is 0 Å². The molecule has 0 bridgehead atoms. The van der Waals surface area contributed by atoms with Gasteiger partial charge in [0.2, 0.25) is 0 Å². The average molecular weight is 311 g/mol. The first kappa shape index (κ1) is 15.1. The molecule has 3 nitrogen and oxygen atoms in total. The first-order chi connectivity index (χ1) is 9.63. The van der Waals surface area contributed by atoms with Crippen LogP contribution in [-0.4, -0.2) is 7.11 Å². The summed E-state index contributed by atoms with van der Waals surface area (Å²) in [7, 11) is 1.61. The van der Waals surface area contributed by atoms with E-state index in [1.54, 1.807) is 13.2 Å². The van der Waals surface area contributed by atoms with E-state index in [9.17, 15) is 0 Å². The number of nitrogens with one attached hydrogen (secondary N) is 1. The van der Waals surface area contributed by atoms with Crippen molar-refractivity contribution in [3.63, 3.8) is 0 Å². The van der Waals surface area contributed by atoms with Crippen molar-refractivity contribution in [3.05, 3.63) is 63.6 Å². The minimum atomic E-state index is -0.0827. The smallest absolute Gasteiger partial charge is 0.125 e. The topological polar surface area (TPSA) is 47.3 Å². The van der Waals surface area contributed by atoms with E-state index in [-0.39, 0.29) is 6.04 Å². The van der Waals surface area contributed by atoms with Gasteiger partial charge in [-0.3, -0.25) is 11.3 Å². The number of hydrazine groups is 1. The molecule has 0 heterocycles. The molecule has 0 aromatic heterocycles. The molecule has 0 saturated carbocycles. The fraction of sp³-hybridized carbons (Fsp3) is 0.200. The van der Waals surface area contributed by atoms with E-state index in [0.29, 0.717) is 22.2 Å².